The second-order valence-electron chi connectivity index (χ2n) is 6.15. The van der Waals surface area contributed by atoms with Crippen molar-refractivity contribution in [3.8, 4) is 5.75 Å². The van der Waals surface area contributed by atoms with Crippen LogP contribution >= 0.6 is 0 Å². The SMILES string of the molecule is Cc1ccc(C(=O)O[C@@H](C(=O)N2CCOCC2)c2ccccc2)c(O)c1. The number of morpholine rings is 1. The number of hydrogen-bond acceptors (Lipinski definition) is 5. The molecule has 0 aromatic heterocycles. The van der Waals surface area contributed by atoms with Gasteiger partial charge in [0.05, 0.1) is 13.2 Å². The van der Waals surface area contributed by atoms with Crippen molar-refractivity contribution in [3.05, 3.63) is 65.2 Å². The summed E-state index contributed by atoms with van der Waals surface area (Å²) in [6, 6.07) is 13.6. The van der Waals surface area contributed by atoms with Crippen LogP contribution in [-0.2, 0) is 14.3 Å². The highest BCUT2D eigenvalue weighted by atomic mass is 16.5. The minimum Gasteiger partial charge on any atom is -0.507 e. The smallest absolute Gasteiger partial charge is 0.343 e. The second kappa shape index (κ2) is 8.01. The Hall–Kier alpha value is -2.86. The number of esters is 1. The Morgan fingerprint density at radius 2 is 1.81 bits per heavy atom. The zero-order valence-corrected chi connectivity index (χ0v) is 14.6. The van der Waals surface area contributed by atoms with Gasteiger partial charge in [-0.25, -0.2) is 4.79 Å². The number of nitrogens with zero attached hydrogens (tertiary/aromatic N) is 1. The third-order valence-electron chi connectivity index (χ3n) is 4.25. The minimum atomic E-state index is -1.07. The highest BCUT2D eigenvalue weighted by Crippen LogP contribution is 2.26. The lowest BCUT2D eigenvalue weighted by atomic mass is 10.1. The average Bonchev–Trinajstić information content (AvgIpc) is 2.67. The summed E-state index contributed by atoms with van der Waals surface area (Å²) in [6.45, 7) is 3.63. The van der Waals surface area contributed by atoms with Crippen LogP contribution in [0.4, 0.5) is 0 Å². The zero-order chi connectivity index (χ0) is 18.5. The number of ether oxygens (including phenoxy) is 2. The fourth-order valence-electron chi connectivity index (χ4n) is 2.82. The molecule has 2 aromatic carbocycles. The van der Waals surface area contributed by atoms with Gasteiger partial charge in [0.2, 0.25) is 6.10 Å². The first-order valence-corrected chi connectivity index (χ1v) is 8.48. The van der Waals surface area contributed by atoms with Crippen LogP contribution in [0.1, 0.15) is 27.6 Å². The molecule has 0 aliphatic carbocycles. The summed E-state index contributed by atoms with van der Waals surface area (Å²) in [5.74, 6) is -1.20. The summed E-state index contributed by atoms with van der Waals surface area (Å²) in [5, 5.41) is 10.0. The summed E-state index contributed by atoms with van der Waals surface area (Å²) in [5.41, 5.74) is 1.44. The molecule has 26 heavy (non-hydrogen) atoms. The first-order valence-electron chi connectivity index (χ1n) is 8.48. The van der Waals surface area contributed by atoms with E-state index in [1.54, 1.807) is 35.2 Å². The number of amides is 1. The van der Waals surface area contributed by atoms with Crippen LogP contribution in [0.5, 0.6) is 5.75 Å². The van der Waals surface area contributed by atoms with E-state index in [-0.39, 0.29) is 17.2 Å². The van der Waals surface area contributed by atoms with Crippen molar-refractivity contribution in [3.63, 3.8) is 0 Å². The number of benzene rings is 2. The number of phenolic OH excluding ortho intramolecular Hbond substituents is 1. The minimum absolute atomic E-state index is 0.0336. The molecule has 0 saturated carbocycles. The topological polar surface area (TPSA) is 76.1 Å². The van der Waals surface area contributed by atoms with Crippen LogP contribution in [0.25, 0.3) is 0 Å². The molecule has 1 atom stereocenters. The molecule has 6 heteroatoms. The van der Waals surface area contributed by atoms with E-state index in [4.69, 9.17) is 9.47 Å². The van der Waals surface area contributed by atoms with E-state index in [1.807, 2.05) is 13.0 Å². The maximum atomic E-state index is 12.9. The van der Waals surface area contributed by atoms with E-state index >= 15 is 0 Å². The van der Waals surface area contributed by atoms with Gasteiger partial charge < -0.3 is 19.5 Å². The van der Waals surface area contributed by atoms with Crippen LogP contribution in [0.2, 0.25) is 0 Å². The number of aromatic hydroxyl groups is 1. The molecule has 1 N–H and O–H groups in total. The number of carbonyl (C=O) groups is 2. The number of hydrogen-bond donors (Lipinski definition) is 1. The molecule has 2 aromatic rings. The highest BCUT2D eigenvalue weighted by Gasteiger charge is 2.31. The van der Waals surface area contributed by atoms with E-state index < -0.39 is 12.1 Å². The Morgan fingerprint density at radius 3 is 2.46 bits per heavy atom. The molecule has 6 nitrogen and oxygen atoms in total. The summed E-state index contributed by atoms with van der Waals surface area (Å²) >= 11 is 0. The van der Waals surface area contributed by atoms with E-state index in [9.17, 15) is 14.7 Å². The summed E-state index contributed by atoms with van der Waals surface area (Å²) in [7, 11) is 0. The molecule has 0 bridgehead atoms. The molecule has 3 rings (SSSR count). The molecule has 0 unspecified atom stereocenters. The van der Waals surface area contributed by atoms with Gasteiger partial charge >= 0.3 is 5.97 Å². The van der Waals surface area contributed by atoms with Gasteiger partial charge in [-0.2, -0.15) is 0 Å². The highest BCUT2D eigenvalue weighted by molar-refractivity contribution is 5.95. The molecule has 1 aliphatic heterocycles. The summed E-state index contributed by atoms with van der Waals surface area (Å²) < 4.78 is 10.8. The number of rotatable bonds is 4. The van der Waals surface area contributed by atoms with Crippen molar-refractivity contribution in [2.45, 2.75) is 13.0 Å². The lowest BCUT2D eigenvalue weighted by molar-refractivity contribution is -0.145. The largest absolute Gasteiger partial charge is 0.507 e. The maximum absolute atomic E-state index is 12.9. The summed E-state index contributed by atoms with van der Waals surface area (Å²) in [6.07, 6.45) is -1.07. The Labute approximate surface area is 152 Å². The van der Waals surface area contributed by atoms with Gasteiger partial charge in [0, 0.05) is 18.7 Å². The normalized spacial score (nSPS) is 15.3. The molecule has 1 heterocycles. The average molecular weight is 355 g/mol. The van der Waals surface area contributed by atoms with Gasteiger partial charge in [0.1, 0.15) is 11.3 Å². The number of aryl methyl sites for hydroxylation is 1. The van der Waals surface area contributed by atoms with Crippen molar-refractivity contribution >= 4 is 11.9 Å². The number of carbonyl (C=O) groups excluding carboxylic acids is 2. The fraction of sp³-hybridized carbons (Fsp3) is 0.300. The lowest BCUT2D eigenvalue weighted by Crippen LogP contribution is -2.44. The van der Waals surface area contributed by atoms with Gasteiger partial charge in [0.25, 0.3) is 5.91 Å². The Kier molecular flexibility index (Phi) is 5.53. The van der Waals surface area contributed by atoms with Crippen molar-refractivity contribution in [2.24, 2.45) is 0 Å². The monoisotopic (exact) mass is 355 g/mol. The molecule has 1 aliphatic rings. The Morgan fingerprint density at radius 1 is 1.12 bits per heavy atom. The third kappa shape index (κ3) is 4.03. The Bertz CT molecular complexity index is 784. The maximum Gasteiger partial charge on any atom is 0.343 e. The van der Waals surface area contributed by atoms with Crippen LogP contribution in [0.15, 0.2) is 48.5 Å². The molecule has 136 valence electrons. The van der Waals surface area contributed by atoms with E-state index in [0.29, 0.717) is 31.9 Å². The van der Waals surface area contributed by atoms with Gasteiger partial charge in [0.15, 0.2) is 0 Å². The van der Waals surface area contributed by atoms with Crippen molar-refractivity contribution in [1.29, 1.82) is 0 Å². The van der Waals surface area contributed by atoms with Crippen LogP contribution in [-0.4, -0.2) is 48.2 Å². The van der Waals surface area contributed by atoms with Crippen molar-refractivity contribution in [2.75, 3.05) is 26.3 Å². The third-order valence-corrected chi connectivity index (χ3v) is 4.25. The fourth-order valence-corrected chi connectivity index (χ4v) is 2.82. The number of phenols is 1. The van der Waals surface area contributed by atoms with Crippen molar-refractivity contribution in [1.82, 2.24) is 4.90 Å². The Balaban J connectivity index is 1.85. The van der Waals surface area contributed by atoms with E-state index in [1.165, 1.54) is 12.1 Å². The standard InChI is InChI=1S/C20H21NO5/c1-14-7-8-16(17(22)13-14)20(24)26-18(15-5-3-2-4-6-15)19(23)21-9-11-25-12-10-21/h2-8,13,18,22H,9-12H2,1H3/t18-/m1/s1. The van der Waals surface area contributed by atoms with Gasteiger partial charge in [-0.1, -0.05) is 36.4 Å². The first kappa shape index (κ1) is 17.9. The lowest BCUT2D eigenvalue weighted by Gasteiger charge is -2.30. The van der Waals surface area contributed by atoms with E-state index in [2.05, 4.69) is 0 Å². The molecular weight excluding hydrogens is 334 g/mol. The molecule has 0 spiro atoms. The second-order valence-corrected chi connectivity index (χ2v) is 6.15. The molecule has 1 amide bonds. The zero-order valence-electron chi connectivity index (χ0n) is 14.6. The van der Waals surface area contributed by atoms with Gasteiger partial charge in [-0.15, -0.1) is 0 Å². The van der Waals surface area contributed by atoms with E-state index in [0.717, 1.165) is 5.56 Å². The molecular formula is C20H21NO5. The van der Waals surface area contributed by atoms with Gasteiger partial charge in [-0.05, 0) is 24.6 Å². The van der Waals surface area contributed by atoms with Crippen LogP contribution < -0.4 is 0 Å². The predicted octanol–water partition coefficient (Wildman–Crippen LogP) is 2.46. The predicted molar refractivity (Wildman–Crippen MR) is 94.8 cm³/mol. The van der Waals surface area contributed by atoms with Crippen molar-refractivity contribution < 1.29 is 24.2 Å². The first-order chi connectivity index (χ1) is 12.6. The molecule has 1 fully saturated rings. The quantitative estimate of drug-likeness (QED) is 0.853. The van der Waals surface area contributed by atoms with Crippen LogP contribution in [0, 0.1) is 6.92 Å². The molecule has 0 radical (unpaired) electrons. The van der Waals surface area contributed by atoms with Crippen LogP contribution in [0.3, 0.4) is 0 Å². The van der Waals surface area contributed by atoms with Gasteiger partial charge in [-0.3, -0.25) is 4.79 Å². The summed E-state index contributed by atoms with van der Waals surface area (Å²) in [4.78, 5) is 27.1. The molecule has 1 saturated heterocycles.